The van der Waals surface area contributed by atoms with E-state index in [4.69, 9.17) is 4.74 Å². The van der Waals surface area contributed by atoms with Gasteiger partial charge in [-0.2, -0.15) is 0 Å². The van der Waals surface area contributed by atoms with E-state index in [0.29, 0.717) is 16.4 Å². The third-order valence-electron chi connectivity index (χ3n) is 2.24. The first kappa shape index (κ1) is 13.5. The Morgan fingerprint density at radius 2 is 2.05 bits per heavy atom. The van der Waals surface area contributed by atoms with Gasteiger partial charge in [0.15, 0.2) is 0 Å². The van der Waals surface area contributed by atoms with Crippen molar-refractivity contribution in [2.24, 2.45) is 0 Å². The van der Waals surface area contributed by atoms with Crippen LogP contribution in [0.1, 0.15) is 29.2 Å². The van der Waals surface area contributed by atoms with Gasteiger partial charge in [-0.05, 0) is 32.9 Å². The van der Waals surface area contributed by atoms with Gasteiger partial charge in [0.2, 0.25) is 5.13 Å². The topological polar surface area (TPSA) is 64.1 Å². The highest BCUT2D eigenvalue weighted by Gasteiger charge is 2.14. The summed E-state index contributed by atoms with van der Waals surface area (Å²) in [6.45, 7) is 5.68. The average Bonchev–Trinajstić information content (AvgIpc) is 2.74. The van der Waals surface area contributed by atoms with Gasteiger partial charge in [0, 0.05) is 0 Å². The molecule has 1 N–H and O–H groups in total. The van der Waals surface area contributed by atoms with Crippen LogP contribution in [-0.2, 0) is 0 Å². The summed E-state index contributed by atoms with van der Waals surface area (Å²) in [5, 5.41) is 11.7. The molecule has 5 nitrogen and oxygen atoms in total. The van der Waals surface area contributed by atoms with Gasteiger partial charge >= 0.3 is 0 Å². The number of nitrogens with zero attached hydrogens (tertiary/aromatic N) is 2. The van der Waals surface area contributed by atoms with E-state index < -0.39 is 0 Å². The summed E-state index contributed by atoms with van der Waals surface area (Å²) in [4.78, 5) is 12.2. The molecule has 1 amide bonds. The minimum atomic E-state index is -0.243. The third kappa shape index (κ3) is 3.51. The molecule has 0 bridgehead atoms. The first-order valence-electron chi connectivity index (χ1n) is 5.93. The van der Waals surface area contributed by atoms with Gasteiger partial charge in [0.05, 0.1) is 11.7 Å². The second-order valence-corrected chi connectivity index (χ2v) is 5.42. The summed E-state index contributed by atoms with van der Waals surface area (Å²) in [5.74, 6) is 0.323. The van der Waals surface area contributed by atoms with E-state index in [2.05, 4.69) is 15.5 Å². The molecule has 2 rings (SSSR count). The summed E-state index contributed by atoms with van der Waals surface area (Å²) < 4.78 is 5.62. The molecule has 0 atom stereocenters. The molecule has 0 radical (unpaired) electrons. The van der Waals surface area contributed by atoms with Gasteiger partial charge < -0.3 is 4.74 Å². The molecule has 6 heteroatoms. The van der Waals surface area contributed by atoms with Crippen molar-refractivity contribution in [3.8, 4) is 5.75 Å². The molecule has 1 aromatic carbocycles. The van der Waals surface area contributed by atoms with E-state index in [0.717, 1.165) is 5.01 Å². The zero-order valence-electron chi connectivity index (χ0n) is 11.0. The molecule has 0 aliphatic carbocycles. The molecule has 1 aromatic heterocycles. The van der Waals surface area contributed by atoms with Crippen molar-refractivity contribution in [1.82, 2.24) is 10.2 Å². The zero-order chi connectivity index (χ0) is 13.8. The highest BCUT2D eigenvalue weighted by molar-refractivity contribution is 7.15. The molecule has 1 heterocycles. The molecule has 0 saturated heterocycles. The van der Waals surface area contributed by atoms with E-state index in [-0.39, 0.29) is 12.0 Å². The van der Waals surface area contributed by atoms with E-state index in [1.54, 1.807) is 18.2 Å². The Morgan fingerprint density at radius 3 is 2.68 bits per heavy atom. The minimum absolute atomic E-state index is 0.0118. The van der Waals surface area contributed by atoms with Crippen LogP contribution in [-0.4, -0.2) is 22.2 Å². The third-order valence-corrected chi connectivity index (χ3v) is 2.99. The molecule has 0 unspecified atom stereocenters. The van der Waals surface area contributed by atoms with Crippen molar-refractivity contribution < 1.29 is 9.53 Å². The van der Waals surface area contributed by atoms with Crippen LogP contribution >= 0.6 is 11.3 Å². The van der Waals surface area contributed by atoms with E-state index in [1.807, 2.05) is 26.8 Å². The van der Waals surface area contributed by atoms with Crippen LogP contribution in [0.4, 0.5) is 5.13 Å². The Bertz CT molecular complexity index is 581. The quantitative estimate of drug-likeness (QED) is 0.933. The Labute approximate surface area is 115 Å². The SMILES string of the molecule is Cc1nnc(NC(=O)c2ccccc2OC(C)C)s1. The molecular formula is C13H15N3O2S. The van der Waals surface area contributed by atoms with Crippen molar-refractivity contribution in [3.05, 3.63) is 34.8 Å². The Hall–Kier alpha value is -1.95. The van der Waals surface area contributed by atoms with Crippen molar-refractivity contribution in [2.75, 3.05) is 5.32 Å². The van der Waals surface area contributed by atoms with Crippen LogP contribution in [0.2, 0.25) is 0 Å². The van der Waals surface area contributed by atoms with Crippen LogP contribution in [0, 0.1) is 6.92 Å². The molecular weight excluding hydrogens is 262 g/mol. The maximum atomic E-state index is 12.2. The summed E-state index contributed by atoms with van der Waals surface area (Å²) >= 11 is 1.34. The smallest absolute Gasteiger partial charge is 0.261 e. The van der Waals surface area contributed by atoms with Gasteiger partial charge in [-0.1, -0.05) is 23.5 Å². The molecule has 100 valence electrons. The normalized spacial score (nSPS) is 10.5. The Kier molecular flexibility index (Phi) is 4.11. The lowest BCUT2D eigenvalue weighted by atomic mass is 10.2. The molecule has 0 spiro atoms. The van der Waals surface area contributed by atoms with Gasteiger partial charge in [-0.3, -0.25) is 10.1 Å². The van der Waals surface area contributed by atoms with Crippen molar-refractivity contribution >= 4 is 22.4 Å². The van der Waals surface area contributed by atoms with E-state index >= 15 is 0 Å². The predicted molar refractivity (Wildman–Crippen MR) is 74.8 cm³/mol. The van der Waals surface area contributed by atoms with Crippen molar-refractivity contribution in [3.63, 3.8) is 0 Å². The van der Waals surface area contributed by atoms with Gasteiger partial charge in [0.25, 0.3) is 5.91 Å². The average molecular weight is 277 g/mol. The number of para-hydroxylation sites is 1. The maximum Gasteiger partial charge on any atom is 0.261 e. The maximum absolute atomic E-state index is 12.2. The first-order valence-corrected chi connectivity index (χ1v) is 6.75. The fourth-order valence-electron chi connectivity index (χ4n) is 1.52. The fourth-order valence-corrected chi connectivity index (χ4v) is 2.11. The number of rotatable bonds is 4. The molecule has 2 aromatic rings. The van der Waals surface area contributed by atoms with Gasteiger partial charge in [-0.15, -0.1) is 10.2 Å². The summed E-state index contributed by atoms with van der Waals surface area (Å²) in [7, 11) is 0. The van der Waals surface area contributed by atoms with E-state index in [9.17, 15) is 4.79 Å². The summed E-state index contributed by atoms with van der Waals surface area (Å²) in [5.41, 5.74) is 0.490. The number of benzene rings is 1. The molecule has 0 aliphatic heterocycles. The number of hydrogen-bond acceptors (Lipinski definition) is 5. The standard InChI is InChI=1S/C13H15N3O2S/c1-8(2)18-11-7-5-4-6-10(11)12(17)14-13-16-15-9(3)19-13/h4-8H,1-3H3,(H,14,16,17). The number of aryl methyl sites for hydroxylation is 1. The lowest BCUT2D eigenvalue weighted by Gasteiger charge is -2.13. The number of aromatic nitrogens is 2. The summed E-state index contributed by atoms with van der Waals surface area (Å²) in [6, 6.07) is 7.14. The highest BCUT2D eigenvalue weighted by atomic mass is 32.1. The van der Waals surface area contributed by atoms with Crippen LogP contribution in [0.5, 0.6) is 5.75 Å². The Morgan fingerprint density at radius 1 is 1.32 bits per heavy atom. The minimum Gasteiger partial charge on any atom is -0.490 e. The highest BCUT2D eigenvalue weighted by Crippen LogP contribution is 2.22. The number of hydrogen-bond donors (Lipinski definition) is 1. The second-order valence-electron chi connectivity index (χ2n) is 4.24. The number of nitrogens with one attached hydrogen (secondary N) is 1. The molecule has 19 heavy (non-hydrogen) atoms. The molecule has 0 saturated carbocycles. The number of ether oxygens (including phenoxy) is 1. The van der Waals surface area contributed by atoms with Crippen LogP contribution in [0.25, 0.3) is 0 Å². The lowest BCUT2D eigenvalue weighted by Crippen LogP contribution is -2.15. The monoisotopic (exact) mass is 277 g/mol. The number of anilines is 1. The van der Waals surface area contributed by atoms with Gasteiger partial charge in [0.1, 0.15) is 10.8 Å². The number of amides is 1. The molecule has 0 aliphatic rings. The first-order chi connectivity index (χ1) is 9.06. The fraction of sp³-hybridized carbons (Fsp3) is 0.308. The second kappa shape index (κ2) is 5.79. The van der Waals surface area contributed by atoms with Crippen molar-refractivity contribution in [2.45, 2.75) is 26.9 Å². The lowest BCUT2D eigenvalue weighted by molar-refractivity contribution is 0.102. The van der Waals surface area contributed by atoms with Gasteiger partial charge in [-0.25, -0.2) is 0 Å². The number of carbonyl (C=O) groups is 1. The Balaban J connectivity index is 2.18. The largest absolute Gasteiger partial charge is 0.490 e. The zero-order valence-corrected chi connectivity index (χ0v) is 11.8. The predicted octanol–water partition coefficient (Wildman–Crippen LogP) is 2.89. The van der Waals surface area contributed by atoms with E-state index in [1.165, 1.54) is 11.3 Å². The van der Waals surface area contributed by atoms with Crippen LogP contribution in [0.15, 0.2) is 24.3 Å². The van der Waals surface area contributed by atoms with Crippen LogP contribution in [0.3, 0.4) is 0 Å². The van der Waals surface area contributed by atoms with Crippen molar-refractivity contribution in [1.29, 1.82) is 0 Å². The summed E-state index contributed by atoms with van der Waals surface area (Å²) in [6.07, 6.45) is 0.0118. The van der Waals surface area contributed by atoms with Crippen LogP contribution < -0.4 is 10.1 Å². The molecule has 0 fully saturated rings. The number of carbonyl (C=O) groups excluding carboxylic acids is 1.